The van der Waals surface area contributed by atoms with Gasteiger partial charge in [0, 0.05) is 11.6 Å². The first-order valence-corrected chi connectivity index (χ1v) is 5.37. The first-order chi connectivity index (χ1) is 8.43. The van der Waals surface area contributed by atoms with Crippen molar-refractivity contribution in [3.63, 3.8) is 0 Å². The zero-order chi connectivity index (χ0) is 13.7. The van der Waals surface area contributed by atoms with Gasteiger partial charge in [-0.1, -0.05) is 0 Å². The number of hydrogen-bond acceptors (Lipinski definition) is 3. The minimum atomic E-state index is -2.94. The Bertz CT molecular complexity index is 422. The van der Waals surface area contributed by atoms with E-state index in [4.69, 9.17) is 4.74 Å². The van der Waals surface area contributed by atoms with Crippen LogP contribution in [0.5, 0.6) is 11.5 Å². The number of benzene rings is 1. The second-order valence-corrected chi connectivity index (χ2v) is 3.87. The van der Waals surface area contributed by atoms with Crippen LogP contribution in [0.1, 0.15) is 24.2 Å². The molecule has 1 aromatic carbocycles. The largest absolute Gasteiger partial charge is 0.493 e. The van der Waals surface area contributed by atoms with Gasteiger partial charge in [-0.05, 0) is 32.0 Å². The molecule has 0 radical (unpaired) electrons. The third-order valence-electron chi connectivity index (χ3n) is 2.06. The van der Waals surface area contributed by atoms with Crippen molar-refractivity contribution in [2.24, 2.45) is 0 Å². The van der Waals surface area contributed by atoms with Crippen molar-refractivity contribution < 1.29 is 23.0 Å². The summed E-state index contributed by atoms with van der Waals surface area (Å²) >= 11 is 0. The van der Waals surface area contributed by atoms with Crippen LogP contribution >= 0.6 is 0 Å². The molecule has 1 amide bonds. The zero-order valence-corrected chi connectivity index (χ0v) is 10.4. The summed E-state index contributed by atoms with van der Waals surface area (Å²) in [6.45, 7) is 0.710. The first-order valence-electron chi connectivity index (χ1n) is 5.37. The van der Waals surface area contributed by atoms with Gasteiger partial charge in [0.25, 0.3) is 5.91 Å². The molecule has 0 aliphatic rings. The Labute approximate surface area is 104 Å². The van der Waals surface area contributed by atoms with E-state index in [0.29, 0.717) is 5.56 Å². The Morgan fingerprint density at radius 3 is 2.44 bits per heavy atom. The maximum absolute atomic E-state index is 12.1. The number of hydrogen-bond donors (Lipinski definition) is 1. The molecule has 1 N–H and O–H groups in total. The van der Waals surface area contributed by atoms with Crippen molar-refractivity contribution in [3.8, 4) is 11.5 Å². The molecular formula is C12H15F2NO3. The predicted octanol–water partition coefficient (Wildman–Crippen LogP) is 2.43. The normalized spacial score (nSPS) is 10.6. The van der Waals surface area contributed by atoms with E-state index in [1.807, 2.05) is 13.8 Å². The van der Waals surface area contributed by atoms with E-state index in [1.54, 1.807) is 0 Å². The summed E-state index contributed by atoms with van der Waals surface area (Å²) in [6.07, 6.45) is 0. The van der Waals surface area contributed by atoms with Crippen LogP contribution in [0.25, 0.3) is 0 Å². The van der Waals surface area contributed by atoms with Gasteiger partial charge >= 0.3 is 6.61 Å². The third-order valence-corrected chi connectivity index (χ3v) is 2.06. The lowest BCUT2D eigenvalue weighted by Crippen LogP contribution is -2.30. The minimum Gasteiger partial charge on any atom is -0.493 e. The number of ether oxygens (including phenoxy) is 2. The van der Waals surface area contributed by atoms with E-state index in [0.717, 1.165) is 0 Å². The van der Waals surface area contributed by atoms with Gasteiger partial charge in [-0.15, -0.1) is 0 Å². The summed E-state index contributed by atoms with van der Waals surface area (Å²) in [5.41, 5.74) is 0.321. The van der Waals surface area contributed by atoms with Gasteiger partial charge in [-0.25, -0.2) is 0 Å². The Morgan fingerprint density at radius 2 is 1.94 bits per heavy atom. The molecule has 0 spiro atoms. The van der Waals surface area contributed by atoms with E-state index >= 15 is 0 Å². The molecule has 0 bridgehead atoms. The van der Waals surface area contributed by atoms with E-state index in [1.165, 1.54) is 25.3 Å². The van der Waals surface area contributed by atoms with Crippen LogP contribution in [0, 0.1) is 0 Å². The standard InChI is InChI=1S/C12H15F2NO3/c1-7(2)15-11(16)8-4-5-9(18-12(13)14)10(6-8)17-3/h4-7,12H,1-3H3,(H,15,16). The number of alkyl halides is 2. The molecule has 0 heterocycles. The van der Waals surface area contributed by atoms with Crippen molar-refractivity contribution in [2.45, 2.75) is 26.5 Å². The Morgan fingerprint density at radius 1 is 1.28 bits per heavy atom. The maximum Gasteiger partial charge on any atom is 0.387 e. The highest BCUT2D eigenvalue weighted by Gasteiger charge is 2.14. The molecule has 1 aromatic rings. The van der Waals surface area contributed by atoms with Gasteiger partial charge in [0.1, 0.15) is 0 Å². The summed E-state index contributed by atoms with van der Waals surface area (Å²) in [5.74, 6) is -0.313. The van der Waals surface area contributed by atoms with Crippen molar-refractivity contribution in [3.05, 3.63) is 23.8 Å². The number of carbonyl (C=O) groups is 1. The van der Waals surface area contributed by atoms with Gasteiger partial charge in [0.15, 0.2) is 11.5 Å². The Hall–Kier alpha value is -1.85. The van der Waals surface area contributed by atoms with Gasteiger partial charge in [0.2, 0.25) is 0 Å². The molecule has 0 saturated carbocycles. The topological polar surface area (TPSA) is 47.6 Å². The second-order valence-electron chi connectivity index (χ2n) is 3.87. The lowest BCUT2D eigenvalue weighted by Gasteiger charge is -2.12. The number of rotatable bonds is 5. The van der Waals surface area contributed by atoms with E-state index in [-0.39, 0.29) is 23.4 Å². The SMILES string of the molecule is COc1cc(C(=O)NC(C)C)ccc1OC(F)F. The van der Waals surface area contributed by atoms with Crippen LogP contribution in [0.3, 0.4) is 0 Å². The average molecular weight is 259 g/mol. The average Bonchev–Trinajstić information content (AvgIpc) is 2.27. The summed E-state index contributed by atoms with van der Waals surface area (Å²) < 4.78 is 33.4. The smallest absolute Gasteiger partial charge is 0.387 e. The molecule has 0 saturated heterocycles. The number of carbonyl (C=O) groups excluding carboxylic acids is 1. The van der Waals surface area contributed by atoms with Crippen molar-refractivity contribution in [1.82, 2.24) is 5.32 Å². The minimum absolute atomic E-state index is 0.0134. The Balaban J connectivity index is 2.94. The molecule has 0 aliphatic heterocycles. The molecule has 0 aromatic heterocycles. The van der Waals surface area contributed by atoms with Crippen LogP contribution in [-0.4, -0.2) is 25.7 Å². The van der Waals surface area contributed by atoms with Gasteiger partial charge < -0.3 is 14.8 Å². The van der Waals surface area contributed by atoms with Crippen LogP contribution in [0.4, 0.5) is 8.78 Å². The third kappa shape index (κ3) is 3.87. The van der Waals surface area contributed by atoms with E-state index in [2.05, 4.69) is 10.1 Å². The van der Waals surface area contributed by atoms with Crippen molar-refractivity contribution >= 4 is 5.91 Å². The molecular weight excluding hydrogens is 244 g/mol. The fourth-order valence-electron chi connectivity index (χ4n) is 1.35. The zero-order valence-electron chi connectivity index (χ0n) is 10.4. The number of methoxy groups -OCH3 is 1. The molecule has 0 fully saturated rings. The number of nitrogens with one attached hydrogen (secondary N) is 1. The molecule has 100 valence electrons. The molecule has 18 heavy (non-hydrogen) atoms. The monoisotopic (exact) mass is 259 g/mol. The molecule has 6 heteroatoms. The highest BCUT2D eigenvalue weighted by Crippen LogP contribution is 2.29. The van der Waals surface area contributed by atoms with Crippen LogP contribution in [0.2, 0.25) is 0 Å². The summed E-state index contributed by atoms with van der Waals surface area (Å²) in [5, 5.41) is 2.69. The first kappa shape index (κ1) is 14.2. The fraction of sp³-hybridized carbons (Fsp3) is 0.417. The van der Waals surface area contributed by atoms with E-state index in [9.17, 15) is 13.6 Å². The van der Waals surface area contributed by atoms with Crippen molar-refractivity contribution in [2.75, 3.05) is 7.11 Å². The maximum atomic E-state index is 12.1. The summed E-state index contributed by atoms with van der Waals surface area (Å²) in [6, 6.07) is 4.02. The van der Waals surface area contributed by atoms with Gasteiger partial charge in [0.05, 0.1) is 7.11 Å². The number of amides is 1. The predicted molar refractivity (Wildman–Crippen MR) is 62.2 cm³/mol. The molecule has 4 nitrogen and oxygen atoms in total. The second kappa shape index (κ2) is 6.18. The lowest BCUT2D eigenvalue weighted by molar-refractivity contribution is -0.0512. The molecule has 0 aliphatic carbocycles. The quantitative estimate of drug-likeness (QED) is 0.883. The van der Waals surface area contributed by atoms with E-state index < -0.39 is 6.61 Å². The Kier molecular flexibility index (Phi) is 4.88. The molecule has 0 unspecified atom stereocenters. The van der Waals surface area contributed by atoms with Gasteiger partial charge in [-0.2, -0.15) is 8.78 Å². The highest BCUT2D eigenvalue weighted by molar-refractivity contribution is 5.95. The van der Waals surface area contributed by atoms with Crippen LogP contribution in [0.15, 0.2) is 18.2 Å². The van der Waals surface area contributed by atoms with Gasteiger partial charge in [-0.3, -0.25) is 4.79 Å². The lowest BCUT2D eigenvalue weighted by atomic mass is 10.2. The summed E-state index contributed by atoms with van der Waals surface area (Å²) in [4.78, 5) is 11.7. The van der Waals surface area contributed by atoms with Crippen molar-refractivity contribution in [1.29, 1.82) is 0 Å². The van der Waals surface area contributed by atoms with Crippen LogP contribution < -0.4 is 14.8 Å². The molecule has 0 atom stereocenters. The van der Waals surface area contributed by atoms with Crippen LogP contribution in [-0.2, 0) is 0 Å². The summed E-state index contributed by atoms with van der Waals surface area (Å²) in [7, 11) is 1.32. The fourth-order valence-corrected chi connectivity index (χ4v) is 1.35. The number of halogens is 2. The molecule has 1 rings (SSSR count). The highest BCUT2D eigenvalue weighted by atomic mass is 19.3.